The van der Waals surface area contributed by atoms with Gasteiger partial charge in [0.25, 0.3) is 5.24 Å². The van der Waals surface area contributed by atoms with Crippen LogP contribution in [0.4, 0.5) is 4.79 Å². The maximum absolute atomic E-state index is 11.8. The van der Waals surface area contributed by atoms with Crippen molar-refractivity contribution >= 4 is 22.9 Å². The lowest BCUT2D eigenvalue weighted by molar-refractivity contribution is -0.121. The van der Waals surface area contributed by atoms with Gasteiger partial charge in [-0.15, -0.1) is 0 Å². The molecule has 6 nitrogen and oxygen atoms in total. The number of nitrogens with one attached hydrogen (secondary N) is 1. The van der Waals surface area contributed by atoms with Gasteiger partial charge in [0.15, 0.2) is 0 Å². The molecule has 21 heavy (non-hydrogen) atoms. The number of ether oxygens (including phenoxy) is 1. The molecule has 120 valence electrons. The van der Waals surface area contributed by atoms with E-state index in [-0.39, 0.29) is 23.4 Å². The lowest BCUT2D eigenvalue weighted by atomic mass is 10.2. The Balaban J connectivity index is 1.57. The van der Waals surface area contributed by atoms with Crippen LogP contribution in [0.1, 0.15) is 20.3 Å². The van der Waals surface area contributed by atoms with E-state index in [0.29, 0.717) is 19.5 Å². The van der Waals surface area contributed by atoms with Gasteiger partial charge in [-0.25, -0.2) is 0 Å². The fraction of sp³-hybridized carbons (Fsp3) is 0.857. The van der Waals surface area contributed by atoms with Crippen molar-refractivity contribution in [2.45, 2.75) is 32.5 Å². The minimum Gasteiger partial charge on any atom is -0.373 e. The molecule has 0 radical (unpaired) electrons. The van der Waals surface area contributed by atoms with E-state index in [1.165, 1.54) is 11.8 Å². The molecule has 0 aromatic rings. The van der Waals surface area contributed by atoms with Gasteiger partial charge in [-0.1, -0.05) is 11.8 Å². The van der Waals surface area contributed by atoms with Gasteiger partial charge in [-0.2, -0.15) is 0 Å². The number of carbonyl (C=O) groups is 2. The zero-order valence-corrected chi connectivity index (χ0v) is 13.7. The summed E-state index contributed by atoms with van der Waals surface area (Å²) >= 11 is 1.33. The number of morpholine rings is 1. The number of nitrogens with zero attached hydrogens (tertiary/aromatic N) is 2. The quantitative estimate of drug-likeness (QED) is 0.784. The summed E-state index contributed by atoms with van der Waals surface area (Å²) in [4.78, 5) is 27.3. The molecule has 2 aliphatic heterocycles. The van der Waals surface area contributed by atoms with Crippen molar-refractivity contribution in [3.63, 3.8) is 0 Å². The fourth-order valence-electron chi connectivity index (χ4n) is 2.77. The van der Waals surface area contributed by atoms with Crippen molar-refractivity contribution < 1.29 is 14.3 Å². The van der Waals surface area contributed by atoms with Crippen LogP contribution < -0.4 is 5.32 Å². The highest BCUT2D eigenvalue weighted by Gasteiger charge is 2.22. The van der Waals surface area contributed by atoms with E-state index in [4.69, 9.17) is 4.74 Å². The average Bonchev–Trinajstić information content (AvgIpc) is 2.81. The van der Waals surface area contributed by atoms with Crippen molar-refractivity contribution in [2.75, 3.05) is 45.0 Å². The fourth-order valence-corrected chi connectivity index (χ4v) is 3.63. The second-order valence-electron chi connectivity index (χ2n) is 5.72. The normalized spacial score (nSPS) is 27.1. The van der Waals surface area contributed by atoms with E-state index < -0.39 is 0 Å². The van der Waals surface area contributed by atoms with Gasteiger partial charge in [0.1, 0.15) is 0 Å². The van der Waals surface area contributed by atoms with E-state index in [1.54, 1.807) is 4.90 Å². The van der Waals surface area contributed by atoms with E-state index >= 15 is 0 Å². The zero-order chi connectivity index (χ0) is 15.2. The third-order valence-electron chi connectivity index (χ3n) is 3.70. The maximum atomic E-state index is 11.8. The van der Waals surface area contributed by atoms with Crippen LogP contribution in [0.2, 0.25) is 0 Å². The Morgan fingerprint density at radius 3 is 2.67 bits per heavy atom. The molecular formula is C14H25N3O3S. The van der Waals surface area contributed by atoms with E-state index in [2.05, 4.69) is 24.1 Å². The second-order valence-corrected chi connectivity index (χ2v) is 6.76. The molecule has 2 heterocycles. The van der Waals surface area contributed by atoms with Gasteiger partial charge in [0.05, 0.1) is 12.2 Å². The standard InChI is InChI=1S/C14H25N3O3S/c1-11-9-16(10-12(2)20-11)6-4-15-13(18)3-5-17-7-8-21-14(17)19/h11-12H,3-10H2,1-2H3,(H,15,18). The first kappa shape index (κ1) is 16.6. The van der Waals surface area contributed by atoms with Crippen LogP contribution in [0.3, 0.4) is 0 Å². The van der Waals surface area contributed by atoms with Gasteiger partial charge in [0, 0.05) is 51.4 Å². The third kappa shape index (κ3) is 5.48. The molecule has 2 unspecified atom stereocenters. The molecule has 2 atom stereocenters. The van der Waals surface area contributed by atoms with E-state index in [0.717, 1.165) is 31.9 Å². The number of carbonyl (C=O) groups excluding carboxylic acids is 2. The monoisotopic (exact) mass is 315 g/mol. The molecule has 0 aliphatic carbocycles. The smallest absolute Gasteiger partial charge is 0.281 e. The highest BCUT2D eigenvalue weighted by atomic mass is 32.2. The van der Waals surface area contributed by atoms with Crippen LogP contribution in [0.25, 0.3) is 0 Å². The Hall–Kier alpha value is -0.790. The Bertz CT molecular complexity index is 370. The van der Waals surface area contributed by atoms with Gasteiger partial charge >= 0.3 is 0 Å². The maximum Gasteiger partial charge on any atom is 0.281 e. The van der Waals surface area contributed by atoms with E-state index in [1.807, 2.05) is 0 Å². The van der Waals surface area contributed by atoms with Crippen LogP contribution in [0, 0.1) is 0 Å². The number of amides is 2. The molecule has 2 fully saturated rings. The second kappa shape index (κ2) is 8.00. The van der Waals surface area contributed by atoms with Gasteiger partial charge in [0.2, 0.25) is 5.91 Å². The molecule has 2 amide bonds. The molecule has 0 bridgehead atoms. The average molecular weight is 315 g/mol. The predicted octanol–water partition coefficient (Wildman–Crippen LogP) is 0.771. The summed E-state index contributed by atoms with van der Waals surface area (Å²) in [6.07, 6.45) is 0.897. The largest absolute Gasteiger partial charge is 0.373 e. The first-order chi connectivity index (χ1) is 10.0. The summed E-state index contributed by atoms with van der Waals surface area (Å²) < 4.78 is 5.68. The summed E-state index contributed by atoms with van der Waals surface area (Å²) in [5.41, 5.74) is 0. The summed E-state index contributed by atoms with van der Waals surface area (Å²) in [7, 11) is 0. The number of hydrogen-bond acceptors (Lipinski definition) is 5. The summed E-state index contributed by atoms with van der Waals surface area (Å²) in [5, 5.41) is 3.03. The van der Waals surface area contributed by atoms with Gasteiger partial charge < -0.3 is 15.0 Å². The lowest BCUT2D eigenvalue weighted by Gasteiger charge is -2.35. The molecule has 1 N–H and O–H groups in total. The molecule has 2 rings (SSSR count). The Kier molecular flexibility index (Phi) is 6.32. The molecule has 2 saturated heterocycles. The number of rotatable bonds is 6. The zero-order valence-electron chi connectivity index (χ0n) is 12.8. The first-order valence-electron chi connectivity index (χ1n) is 7.61. The molecular weight excluding hydrogens is 290 g/mol. The van der Waals surface area contributed by atoms with Gasteiger partial charge in [-0.3, -0.25) is 14.5 Å². The van der Waals surface area contributed by atoms with Gasteiger partial charge in [-0.05, 0) is 13.8 Å². The Labute approximate surface area is 130 Å². The minimum atomic E-state index is 0.0223. The topological polar surface area (TPSA) is 61.9 Å². The van der Waals surface area contributed by atoms with Crippen LogP contribution in [-0.2, 0) is 9.53 Å². The molecule has 0 aromatic heterocycles. The lowest BCUT2D eigenvalue weighted by Crippen LogP contribution is -2.48. The third-order valence-corrected chi connectivity index (χ3v) is 4.59. The summed E-state index contributed by atoms with van der Waals surface area (Å²) in [6, 6.07) is 0. The summed E-state index contributed by atoms with van der Waals surface area (Å²) in [5.74, 6) is 0.863. The van der Waals surface area contributed by atoms with E-state index in [9.17, 15) is 9.59 Å². The Morgan fingerprint density at radius 2 is 2.05 bits per heavy atom. The van der Waals surface area contributed by atoms with Crippen molar-refractivity contribution in [3.05, 3.63) is 0 Å². The number of thioether (sulfide) groups is 1. The SMILES string of the molecule is CC1CN(CCNC(=O)CCN2CCSC2=O)CC(C)O1. The van der Waals surface area contributed by atoms with Crippen molar-refractivity contribution in [1.82, 2.24) is 15.1 Å². The van der Waals surface area contributed by atoms with Crippen molar-refractivity contribution in [1.29, 1.82) is 0 Å². The molecule has 7 heteroatoms. The van der Waals surface area contributed by atoms with Crippen LogP contribution >= 0.6 is 11.8 Å². The molecule has 2 aliphatic rings. The highest BCUT2D eigenvalue weighted by molar-refractivity contribution is 8.13. The predicted molar refractivity (Wildman–Crippen MR) is 83.5 cm³/mol. The van der Waals surface area contributed by atoms with Crippen LogP contribution in [-0.4, -0.2) is 78.2 Å². The highest BCUT2D eigenvalue weighted by Crippen LogP contribution is 2.16. The Morgan fingerprint density at radius 1 is 1.33 bits per heavy atom. The van der Waals surface area contributed by atoms with Crippen LogP contribution in [0.15, 0.2) is 0 Å². The molecule has 0 saturated carbocycles. The minimum absolute atomic E-state index is 0.0223. The van der Waals surface area contributed by atoms with Crippen molar-refractivity contribution in [3.8, 4) is 0 Å². The van der Waals surface area contributed by atoms with Crippen LogP contribution in [0.5, 0.6) is 0 Å². The summed E-state index contributed by atoms with van der Waals surface area (Å²) in [6.45, 7) is 8.78. The van der Waals surface area contributed by atoms with Crippen molar-refractivity contribution in [2.24, 2.45) is 0 Å². The first-order valence-corrected chi connectivity index (χ1v) is 8.59. The molecule has 0 aromatic carbocycles. The number of hydrogen-bond donors (Lipinski definition) is 1. The molecule has 0 spiro atoms.